The van der Waals surface area contributed by atoms with Crippen molar-refractivity contribution in [2.24, 2.45) is 5.92 Å². The maximum atomic E-state index is 12.4. The van der Waals surface area contributed by atoms with Gasteiger partial charge in [-0.2, -0.15) is 0 Å². The maximum Gasteiger partial charge on any atom is 0.326 e. The predicted molar refractivity (Wildman–Crippen MR) is 68.3 cm³/mol. The van der Waals surface area contributed by atoms with Crippen molar-refractivity contribution in [1.29, 1.82) is 0 Å². The van der Waals surface area contributed by atoms with E-state index in [1.54, 1.807) is 6.33 Å². The zero-order valence-corrected chi connectivity index (χ0v) is 11.2. The van der Waals surface area contributed by atoms with Gasteiger partial charge in [0.1, 0.15) is 6.04 Å². The van der Waals surface area contributed by atoms with Gasteiger partial charge in [0, 0.05) is 12.3 Å². The third kappa shape index (κ3) is 2.47. The number of carbonyl (C=O) groups is 2. The van der Waals surface area contributed by atoms with E-state index in [1.807, 2.05) is 13.8 Å². The topological polar surface area (TPSA) is 86.3 Å². The second-order valence-electron chi connectivity index (χ2n) is 4.87. The van der Waals surface area contributed by atoms with E-state index in [2.05, 4.69) is 9.97 Å². The fourth-order valence-corrected chi connectivity index (χ4v) is 2.56. The van der Waals surface area contributed by atoms with E-state index in [1.165, 1.54) is 4.90 Å². The van der Waals surface area contributed by atoms with Crippen LogP contribution >= 0.6 is 0 Å². The van der Waals surface area contributed by atoms with Gasteiger partial charge in [0.05, 0.1) is 24.3 Å². The zero-order chi connectivity index (χ0) is 14.0. The molecule has 0 saturated heterocycles. The Labute approximate surface area is 111 Å². The number of aromatic amines is 1. The highest BCUT2D eigenvalue weighted by atomic mass is 16.4. The van der Waals surface area contributed by atoms with Crippen LogP contribution in [0.15, 0.2) is 6.33 Å². The summed E-state index contributed by atoms with van der Waals surface area (Å²) < 4.78 is 0. The van der Waals surface area contributed by atoms with E-state index in [4.69, 9.17) is 0 Å². The van der Waals surface area contributed by atoms with Crippen LogP contribution in [0.1, 0.15) is 38.1 Å². The number of carboxylic acid groups (broad SMARTS) is 1. The molecule has 1 aromatic rings. The SMILES string of the molecule is CCC(CC)C(=O)N1Cc2[nH]cnc2CC1C(=O)O. The Morgan fingerprint density at radius 2 is 2.21 bits per heavy atom. The molecule has 6 nitrogen and oxygen atoms in total. The molecule has 1 aromatic heterocycles. The van der Waals surface area contributed by atoms with E-state index in [-0.39, 0.29) is 18.2 Å². The summed E-state index contributed by atoms with van der Waals surface area (Å²) in [4.78, 5) is 32.4. The molecule has 0 aliphatic carbocycles. The van der Waals surface area contributed by atoms with Crippen LogP contribution in [0.25, 0.3) is 0 Å². The molecule has 1 unspecified atom stereocenters. The van der Waals surface area contributed by atoms with Crippen molar-refractivity contribution >= 4 is 11.9 Å². The molecule has 19 heavy (non-hydrogen) atoms. The second-order valence-corrected chi connectivity index (χ2v) is 4.87. The summed E-state index contributed by atoms with van der Waals surface area (Å²) in [7, 11) is 0. The standard InChI is InChI=1S/C13H19N3O3/c1-3-8(4-2)12(17)16-6-10-9(14-7-15-10)5-11(16)13(18)19/h7-8,11H,3-6H2,1-2H3,(H,14,15)(H,18,19). The van der Waals surface area contributed by atoms with Crippen molar-refractivity contribution in [3.05, 3.63) is 17.7 Å². The summed E-state index contributed by atoms with van der Waals surface area (Å²) in [5.74, 6) is -1.14. The lowest BCUT2D eigenvalue weighted by Gasteiger charge is -2.34. The number of aromatic nitrogens is 2. The Balaban J connectivity index is 2.27. The number of amides is 1. The summed E-state index contributed by atoms with van der Waals surface area (Å²) in [5.41, 5.74) is 1.60. The molecule has 0 fully saturated rings. The summed E-state index contributed by atoms with van der Waals surface area (Å²) in [6, 6.07) is -0.802. The van der Waals surface area contributed by atoms with Gasteiger partial charge in [0.15, 0.2) is 0 Å². The van der Waals surface area contributed by atoms with Crippen molar-refractivity contribution in [1.82, 2.24) is 14.9 Å². The maximum absolute atomic E-state index is 12.4. The second kappa shape index (κ2) is 5.42. The number of nitrogens with zero attached hydrogens (tertiary/aromatic N) is 2. The largest absolute Gasteiger partial charge is 0.480 e. The highest BCUT2D eigenvalue weighted by Crippen LogP contribution is 2.24. The van der Waals surface area contributed by atoms with E-state index < -0.39 is 12.0 Å². The highest BCUT2D eigenvalue weighted by molar-refractivity contribution is 5.85. The average molecular weight is 265 g/mol. The number of nitrogens with one attached hydrogen (secondary N) is 1. The monoisotopic (exact) mass is 265 g/mol. The first-order valence-corrected chi connectivity index (χ1v) is 6.62. The number of carboxylic acids is 1. The number of carbonyl (C=O) groups excluding carboxylic acids is 1. The lowest BCUT2D eigenvalue weighted by molar-refractivity contribution is -0.153. The Morgan fingerprint density at radius 1 is 1.53 bits per heavy atom. The molecule has 104 valence electrons. The van der Waals surface area contributed by atoms with E-state index in [0.717, 1.165) is 24.2 Å². The van der Waals surface area contributed by atoms with Crippen LogP contribution < -0.4 is 0 Å². The highest BCUT2D eigenvalue weighted by Gasteiger charge is 2.37. The van der Waals surface area contributed by atoms with Gasteiger partial charge < -0.3 is 15.0 Å². The van der Waals surface area contributed by atoms with Gasteiger partial charge in [0.25, 0.3) is 0 Å². The zero-order valence-electron chi connectivity index (χ0n) is 11.2. The Morgan fingerprint density at radius 3 is 2.79 bits per heavy atom. The van der Waals surface area contributed by atoms with Gasteiger partial charge in [-0.05, 0) is 12.8 Å². The number of H-pyrrole nitrogens is 1. The minimum atomic E-state index is -0.965. The minimum absolute atomic E-state index is 0.0716. The molecular weight excluding hydrogens is 246 g/mol. The number of fused-ring (bicyclic) bond motifs is 1. The number of hydrogen-bond donors (Lipinski definition) is 2. The third-order valence-electron chi connectivity index (χ3n) is 3.80. The molecule has 1 amide bonds. The van der Waals surface area contributed by atoms with Crippen LogP contribution in [0.2, 0.25) is 0 Å². The number of hydrogen-bond acceptors (Lipinski definition) is 3. The van der Waals surface area contributed by atoms with Gasteiger partial charge in [-0.25, -0.2) is 9.78 Å². The van der Waals surface area contributed by atoms with Crippen LogP contribution in [0.4, 0.5) is 0 Å². The predicted octanol–water partition coefficient (Wildman–Crippen LogP) is 1.18. The first kappa shape index (κ1) is 13.6. The molecule has 1 aliphatic heterocycles. The summed E-state index contributed by atoms with van der Waals surface area (Å²) >= 11 is 0. The molecule has 1 atom stereocenters. The fourth-order valence-electron chi connectivity index (χ4n) is 2.56. The van der Waals surface area contributed by atoms with Crippen LogP contribution in [0, 0.1) is 5.92 Å². The Kier molecular flexibility index (Phi) is 3.87. The molecule has 1 aliphatic rings. The van der Waals surface area contributed by atoms with E-state index in [9.17, 15) is 14.7 Å². The lowest BCUT2D eigenvalue weighted by atomic mass is 9.96. The Bertz CT molecular complexity index is 479. The smallest absolute Gasteiger partial charge is 0.326 e. The molecule has 0 radical (unpaired) electrons. The molecule has 0 saturated carbocycles. The number of imidazole rings is 1. The average Bonchev–Trinajstić information content (AvgIpc) is 2.85. The first-order chi connectivity index (χ1) is 9.08. The van der Waals surface area contributed by atoms with Crippen LogP contribution in [0.5, 0.6) is 0 Å². The molecular formula is C13H19N3O3. The van der Waals surface area contributed by atoms with Crippen LogP contribution in [-0.2, 0) is 22.6 Å². The van der Waals surface area contributed by atoms with Crippen molar-refractivity contribution in [3.63, 3.8) is 0 Å². The van der Waals surface area contributed by atoms with Gasteiger partial charge in [-0.15, -0.1) is 0 Å². The molecule has 0 bridgehead atoms. The van der Waals surface area contributed by atoms with Gasteiger partial charge in [-0.1, -0.05) is 13.8 Å². The van der Waals surface area contributed by atoms with Crippen molar-refractivity contribution in [3.8, 4) is 0 Å². The summed E-state index contributed by atoms with van der Waals surface area (Å²) in [5, 5.41) is 9.32. The van der Waals surface area contributed by atoms with Crippen LogP contribution in [-0.4, -0.2) is 37.9 Å². The quantitative estimate of drug-likeness (QED) is 0.856. The Hall–Kier alpha value is -1.85. The van der Waals surface area contributed by atoms with Crippen molar-refractivity contribution < 1.29 is 14.7 Å². The molecule has 2 N–H and O–H groups in total. The molecule has 2 heterocycles. The minimum Gasteiger partial charge on any atom is -0.480 e. The lowest BCUT2D eigenvalue weighted by Crippen LogP contribution is -2.50. The molecule has 0 aromatic carbocycles. The number of rotatable bonds is 4. The normalized spacial score (nSPS) is 18.5. The van der Waals surface area contributed by atoms with Crippen molar-refractivity contribution in [2.45, 2.75) is 45.7 Å². The molecule has 0 spiro atoms. The van der Waals surface area contributed by atoms with E-state index in [0.29, 0.717) is 6.54 Å². The molecule has 6 heteroatoms. The summed E-state index contributed by atoms with van der Waals surface area (Å²) in [6.45, 7) is 4.21. The van der Waals surface area contributed by atoms with Crippen LogP contribution in [0.3, 0.4) is 0 Å². The van der Waals surface area contributed by atoms with Gasteiger partial charge in [-0.3, -0.25) is 4.79 Å². The van der Waals surface area contributed by atoms with Crippen molar-refractivity contribution in [2.75, 3.05) is 0 Å². The molecule has 2 rings (SSSR count). The van der Waals surface area contributed by atoms with E-state index >= 15 is 0 Å². The summed E-state index contributed by atoms with van der Waals surface area (Å²) in [6.07, 6.45) is 3.29. The third-order valence-corrected chi connectivity index (χ3v) is 3.80. The first-order valence-electron chi connectivity index (χ1n) is 6.62. The van der Waals surface area contributed by atoms with Gasteiger partial charge >= 0.3 is 5.97 Å². The number of aliphatic carboxylic acids is 1. The van der Waals surface area contributed by atoms with Gasteiger partial charge in [0.2, 0.25) is 5.91 Å². The fraction of sp³-hybridized carbons (Fsp3) is 0.615.